The van der Waals surface area contributed by atoms with Crippen molar-refractivity contribution in [3.8, 4) is 0 Å². The lowest BCUT2D eigenvalue weighted by Gasteiger charge is -2.30. The number of para-hydroxylation sites is 3. The van der Waals surface area contributed by atoms with Gasteiger partial charge in [-0.3, -0.25) is 4.79 Å². The summed E-state index contributed by atoms with van der Waals surface area (Å²) in [6.07, 6.45) is 1.95. The van der Waals surface area contributed by atoms with Crippen molar-refractivity contribution in [2.75, 3.05) is 36.5 Å². The predicted molar refractivity (Wildman–Crippen MR) is 98.0 cm³/mol. The predicted octanol–water partition coefficient (Wildman–Crippen LogP) is 3.45. The molecule has 5 nitrogen and oxygen atoms in total. The van der Waals surface area contributed by atoms with Gasteiger partial charge in [-0.05, 0) is 18.2 Å². The van der Waals surface area contributed by atoms with E-state index >= 15 is 0 Å². The van der Waals surface area contributed by atoms with Crippen molar-refractivity contribution >= 4 is 28.3 Å². The van der Waals surface area contributed by atoms with Crippen LogP contribution in [0.25, 0.3) is 11.0 Å². The molecule has 0 unspecified atom stereocenters. The van der Waals surface area contributed by atoms with Gasteiger partial charge in [0.15, 0.2) is 0 Å². The molecule has 1 saturated heterocycles. The van der Waals surface area contributed by atoms with E-state index in [2.05, 4.69) is 10.2 Å². The third-order valence-electron chi connectivity index (χ3n) is 4.44. The van der Waals surface area contributed by atoms with Gasteiger partial charge in [0.1, 0.15) is 5.58 Å². The molecule has 1 amide bonds. The zero-order valence-corrected chi connectivity index (χ0v) is 13.9. The Morgan fingerprint density at radius 2 is 1.80 bits per heavy atom. The monoisotopic (exact) mass is 336 g/mol. The van der Waals surface area contributed by atoms with E-state index in [9.17, 15) is 4.79 Å². The topological polar surface area (TPSA) is 54.7 Å². The Balaban J connectivity index is 1.51. The molecule has 25 heavy (non-hydrogen) atoms. The smallest absolute Gasteiger partial charge is 0.228 e. The highest BCUT2D eigenvalue weighted by Crippen LogP contribution is 2.27. The summed E-state index contributed by atoms with van der Waals surface area (Å²) in [5.41, 5.74) is 3.58. The zero-order chi connectivity index (χ0) is 17.1. The molecule has 0 saturated carbocycles. The van der Waals surface area contributed by atoms with E-state index in [0.29, 0.717) is 13.2 Å². The van der Waals surface area contributed by atoms with Crippen LogP contribution in [-0.2, 0) is 16.0 Å². The summed E-state index contributed by atoms with van der Waals surface area (Å²) >= 11 is 0. The molecule has 1 aliphatic heterocycles. The van der Waals surface area contributed by atoms with Crippen LogP contribution in [0.1, 0.15) is 5.56 Å². The fourth-order valence-corrected chi connectivity index (χ4v) is 3.20. The minimum atomic E-state index is -0.0488. The molecule has 2 aromatic carbocycles. The van der Waals surface area contributed by atoms with E-state index in [1.54, 1.807) is 6.26 Å². The lowest BCUT2D eigenvalue weighted by molar-refractivity contribution is -0.115. The number of amides is 1. The van der Waals surface area contributed by atoms with Gasteiger partial charge in [0.25, 0.3) is 0 Å². The molecule has 0 aliphatic carbocycles. The summed E-state index contributed by atoms with van der Waals surface area (Å²) in [6.45, 7) is 3.09. The first-order chi connectivity index (χ1) is 12.3. The quantitative estimate of drug-likeness (QED) is 0.793. The molecule has 0 radical (unpaired) electrons. The number of nitrogens with zero attached hydrogens (tertiary/aromatic N) is 1. The maximum absolute atomic E-state index is 12.6. The number of hydrogen-bond donors (Lipinski definition) is 1. The molecule has 5 heteroatoms. The molecule has 0 bridgehead atoms. The number of carbonyl (C=O) groups excluding carboxylic acids is 1. The highest BCUT2D eigenvalue weighted by atomic mass is 16.5. The third-order valence-corrected chi connectivity index (χ3v) is 4.44. The van der Waals surface area contributed by atoms with E-state index in [-0.39, 0.29) is 12.3 Å². The Morgan fingerprint density at radius 3 is 2.68 bits per heavy atom. The van der Waals surface area contributed by atoms with E-state index in [1.807, 2.05) is 48.5 Å². The van der Waals surface area contributed by atoms with Crippen molar-refractivity contribution in [1.29, 1.82) is 0 Å². The molecule has 0 spiro atoms. The van der Waals surface area contributed by atoms with Gasteiger partial charge in [-0.1, -0.05) is 30.3 Å². The summed E-state index contributed by atoms with van der Waals surface area (Å²) in [5.74, 6) is -0.0488. The second-order valence-electron chi connectivity index (χ2n) is 6.10. The molecule has 128 valence electrons. The van der Waals surface area contributed by atoms with Crippen LogP contribution in [0.2, 0.25) is 0 Å². The maximum atomic E-state index is 12.6. The fourth-order valence-electron chi connectivity index (χ4n) is 3.20. The van der Waals surface area contributed by atoms with Gasteiger partial charge < -0.3 is 19.4 Å². The summed E-state index contributed by atoms with van der Waals surface area (Å²) in [4.78, 5) is 14.8. The normalized spacial score (nSPS) is 14.6. The van der Waals surface area contributed by atoms with Gasteiger partial charge >= 0.3 is 0 Å². The molecule has 1 fully saturated rings. The molecule has 1 aromatic heterocycles. The zero-order valence-electron chi connectivity index (χ0n) is 13.9. The number of anilines is 2. The first kappa shape index (κ1) is 15.7. The van der Waals surface area contributed by atoms with Crippen molar-refractivity contribution < 1.29 is 13.9 Å². The average molecular weight is 336 g/mol. The van der Waals surface area contributed by atoms with Crippen molar-refractivity contribution in [2.45, 2.75) is 6.42 Å². The van der Waals surface area contributed by atoms with Gasteiger partial charge in [-0.2, -0.15) is 0 Å². The Bertz CT molecular complexity index is 881. The molecular formula is C20H20N2O3. The maximum Gasteiger partial charge on any atom is 0.228 e. The standard InChI is InChI=1S/C20H20N2O3/c23-20(13-15-14-25-19-8-4-1-5-16(15)19)21-17-6-2-3-7-18(17)22-9-11-24-12-10-22/h1-8,14H,9-13H2,(H,21,23). The highest BCUT2D eigenvalue weighted by Gasteiger charge is 2.16. The summed E-state index contributed by atoms with van der Waals surface area (Å²) in [7, 11) is 0. The number of morpholine rings is 1. The average Bonchev–Trinajstić information content (AvgIpc) is 3.06. The van der Waals surface area contributed by atoms with Crippen molar-refractivity contribution in [2.24, 2.45) is 0 Å². The lowest BCUT2D eigenvalue weighted by atomic mass is 10.1. The lowest BCUT2D eigenvalue weighted by Crippen LogP contribution is -2.36. The van der Waals surface area contributed by atoms with E-state index in [0.717, 1.165) is 41.0 Å². The van der Waals surface area contributed by atoms with Crippen molar-refractivity contribution in [1.82, 2.24) is 0 Å². The second-order valence-corrected chi connectivity index (χ2v) is 6.10. The van der Waals surface area contributed by atoms with E-state index in [1.165, 1.54) is 0 Å². The minimum absolute atomic E-state index is 0.0488. The largest absolute Gasteiger partial charge is 0.464 e. The number of benzene rings is 2. The fraction of sp³-hybridized carbons (Fsp3) is 0.250. The van der Waals surface area contributed by atoms with Crippen LogP contribution < -0.4 is 10.2 Å². The second kappa shape index (κ2) is 6.99. The number of carbonyl (C=O) groups is 1. The first-order valence-electron chi connectivity index (χ1n) is 8.48. The Morgan fingerprint density at radius 1 is 1.04 bits per heavy atom. The number of furan rings is 1. The summed E-state index contributed by atoms with van der Waals surface area (Å²) in [6, 6.07) is 15.7. The van der Waals surface area contributed by atoms with Crippen molar-refractivity contribution in [3.05, 3.63) is 60.4 Å². The number of ether oxygens (including phenoxy) is 1. The van der Waals surface area contributed by atoms with Crippen LogP contribution in [0, 0.1) is 0 Å². The molecule has 4 rings (SSSR count). The Hall–Kier alpha value is -2.79. The molecular weight excluding hydrogens is 316 g/mol. The summed E-state index contributed by atoms with van der Waals surface area (Å²) in [5, 5.41) is 4.03. The van der Waals surface area contributed by atoms with Gasteiger partial charge in [-0.15, -0.1) is 0 Å². The number of nitrogens with one attached hydrogen (secondary N) is 1. The highest BCUT2D eigenvalue weighted by molar-refractivity contribution is 5.97. The number of rotatable bonds is 4. The van der Waals surface area contributed by atoms with Crippen LogP contribution in [-0.4, -0.2) is 32.2 Å². The first-order valence-corrected chi connectivity index (χ1v) is 8.48. The molecule has 1 aliphatic rings. The van der Waals surface area contributed by atoms with Gasteiger partial charge in [-0.25, -0.2) is 0 Å². The van der Waals surface area contributed by atoms with Gasteiger partial charge in [0.2, 0.25) is 5.91 Å². The van der Waals surface area contributed by atoms with Crippen LogP contribution in [0.15, 0.2) is 59.2 Å². The summed E-state index contributed by atoms with van der Waals surface area (Å²) < 4.78 is 10.9. The van der Waals surface area contributed by atoms with Crippen LogP contribution in [0.5, 0.6) is 0 Å². The third kappa shape index (κ3) is 3.37. The Labute approximate surface area is 146 Å². The SMILES string of the molecule is O=C(Cc1coc2ccccc12)Nc1ccccc1N1CCOCC1. The van der Waals surface area contributed by atoms with Gasteiger partial charge in [0, 0.05) is 24.0 Å². The van der Waals surface area contributed by atoms with Crippen LogP contribution in [0.4, 0.5) is 11.4 Å². The molecule has 0 atom stereocenters. The number of hydrogen-bond acceptors (Lipinski definition) is 4. The molecule has 3 aromatic rings. The van der Waals surface area contributed by atoms with E-state index < -0.39 is 0 Å². The van der Waals surface area contributed by atoms with Crippen LogP contribution >= 0.6 is 0 Å². The molecule has 2 heterocycles. The number of fused-ring (bicyclic) bond motifs is 1. The van der Waals surface area contributed by atoms with Gasteiger partial charge in [0.05, 0.1) is 37.3 Å². The minimum Gasteiger partial charge on any atom is -0.464 e. The van der Waals surface area contributed by atoms with Crippen LogP contribution in [0.3, 0.4) is 0 Å². The molecule has 1 N–H and O–H groups in total. The Kier molecular flexibility index (Phi) is 4.39. The van der Waals surface area contributed by atoms with E-state index in [4.69, 9.17) is 9.15 Å². The van der Waals surface area contributed by atoms with Crippen molar-refractivity contribution in [3.63, 3.8) is 0 Å².